The highest BCUT2D eigenvalue weighted by atomic mass is 19.1. The fourth-order valence-corrected chi connectivity index (χ4v) is 2.42. The van der Waals surface area contributed by atoms with Crippen LogP contribution in [0.4, 0.5) is 8.78 Å². The Kier molecular flexibility index (Phi) is 5.10. The summed E-state index contributed by atoms with van der Waals surface area (Å²) in [4.78, 5) is 12.4. The molecule has 7 heteroatoms. The first kappa shape index (κ1) is 17.1. The van der Waals surface area contributed by atoms with Crippen molar-refractivity contribution in [2.45, 2.75) is 33.2 Å². The second kappa shape index (κ2) is 6.87. The fourth-order valence-electron chi connectivity index (χ4n) is 2.42. The number of hydrogen-bond donors (Lipinski definition) is 2. The molecule has 0 radical (unpaired) electrons. The molecule has 2 rings (SSSR count). The lowest BCUT2D eigenvalue weighted by atomic mass is 10.1. The van der Waals surface area contributed by atoms with Gasteiger partial charge < -0.3 is 10.4 Å². The van der Waals surface area contributed by atoms with E-state index < -0.39 is 11.6 Å². The SMILES string of the molecule is Cc1nn(-c2ccc(F)cc2F)c(C)c1C(=O)NC(C)CCO. The molecule has 124 valence electrons. The Labute approximate surface area is 132 Å². The number of carbonyl (C=O) groups is 1. The van der Waals surface area contributed by atoms with Gasteiger partial charge in [-0.3, -0.25) is 4.79 Å². The second-order valence-electron chi connectivity index (χ2n) is 5.44. The van der Waals surface area contributed by atoms with Crippen molar-refractivity contribution in [3.63, 3.8) is 0 Å². The number of aliphatic hydroxyl groups is 1. The molecule has 0 saturated carbocycles. The summed E-state index contributed by atoms with van der Waals surface area (Å²) in [7, 11) is 0. The van der Waals surface area contributed by atoms with Crippen LogP contribution in [0.3, 0.4) is 0 Å². The number of nitrogens with one attached hydrogen (secondary N) is 1. The number of rotatable bonds is 5. The van der Waals surface area contributed by atoms with E-state index in [1.54, 1.807) is 20.8 Å². The molecular weight excluding hydrogens is 304 g/mol. The zero-order chi connectivity index (χ0) is 17.1. The summed E-state index contributed by atoms with van der Waals surface area (Å²) in [6.07, 6.45) is 0.435. The number of aromatic nitrogens is 2. The Hall–Kier alpha value is -2.28. The van der Waals surface area contributed by atoms with Crippen molar-refractivity contribution >= 4 is 5.91 Å². The molecule has 2 aromatic rings. The molecule has 0 fully saturated rings. The van der Waals surface area contributed by atoms with Gasteiger partial charge in [-0.1, -0.05) is 0 Å². The van der Waals surface area contributed by atoms with Crippen LogP contribution in [0.15, 0.2) is 18.2 Å². The molecule has 0 aliphatic rings. The molecule has 0 bridgehead atoms. The predicted octanol–water partition coefficient (Wildman–Crippen LogP) is 2.27. The maximum absolute atomic E-state index is 13.9. The van der Waals surface area contributed by atoms with E-state index in [0.29, 0.717) is 23.4 Å². The Morgan fingerprint density at radius 1 is 1.39 bits per heavy atom. The van der Waals surface area contributed by atoms with Crippen molar-refractivity contribution in [1.29, 1.82) is 0 Å². The van der Waals surface area contributed by atoms with Crippen LogP contribution in [0.2, 0.25) is 0 Å². The second-order valence-corrected chi connectivity index (χ2v) is 5.44. The number of benzene rings is 1. The van der Waals surface area contributed by atoms with Crippen LogP contribution in [0, 0.1) is 25.5 Å². The lowest BCUT2D eigenvalue weighted by molar-refractivity contribution is 0.0933. The van der Waals surface area contributed by atoms with E-state index in [4.69, 9.17) is 5.11 Å². The van der Waals surface area contributed by atoms with Crippen LogP contribution >= 0.6 is 0 Å². The molecule has 0 aliphatic carbocycles. The Morgan fingerprint density at radius 2 is 2.09 bits per heavy atom. The van der Waals surface area contributed by atoms with Crippen molar-refractivity contribution < 1.29 is 18.7 Å². The summed E-state index contributed by atoms with van der Waals surface area (Å²) in [5.74, 6) is -1.77. The maximum atomic E-state index is 13.9. The van der Waals surface area contributed by atoms with Crippen LogP contribution in [-0.4, -0.2) is 33.4 Å². The summed E-state index contributed by atoms with van der Waals surface area (Å²) in [6, 6.07) is 2.99. The summed E-state index contributed by atoms with van der Waals surface area (Å²) in [5, 5.41) is 15.8. The lowest BCUT2D eigenvalue weighted by Crippen LogP contribution is -2.33. The minimum Gasteiger partial charge on any atom is -0.396 e. The molecule has 1 heterocycles. The van der Waals surface area contributed by atoms with Crippen LogP contribution in [-0.2, 0) is 0 Å². The highest BCUT2D eigenvalue weighted by molar-refractivity contribution is 5.96. The first-order valence-corrected chi connectivity index (χ1v) is 7.28. The minimum atomic E-state index is -0.754. The number of nitrogens with zero attached hydrogens (tertiary/aromatic N) is 2. The molecule has 1 aromatic carbocycles. The van der Waals surface area contributed by atoms with Gasteiger partial charge in [0.25, 0.3) is 5.91 Å². The van der Waals surface area contributed by atoms with Gasteiger partial charge in [-0.25, -0.2) is 13.5 Å². The Bertz CT molecular complexity index is 728. The van der Waals surface area contributed by atoms with Crippen molar-refractivity contribution in [3.8, 4) is 5.69 Å². The normalized spacial score (nSPS) is 12.3. The monoisotopic (exact) mass is 323 g/mol. The minimum absolute atomic E-state index is 0.0283. The molecule has 1 aromatic heterocycles. The first-order valence-electron chi connectivity index (χ1n) is 7.28. The fraction of sp³-hybridized carbons (Fsp3) is 0.375. The van der Waals surface area contributed by atoms with E-state index in [1.165, 1.54) is 10.7 Å². The summed E-state index contributed by atoms with van der Waals surface area (Å²) >= 11 is 0. The lowest BCUT2D eigenvalue weighted by Gasteiger charge is -2.12. The molecule has 1 atom stereocenters. The maximum Gasteiger partial charge on any atom is 0.255 e. The van der Waals surface area contributed by atoms with Gasteiger partial charge in [-0.15, -0.1) is 0 Å². The quantitative estimate of drug-likeness (QED) is 0.887. The standard InChI is InChI=1S/C16H19F2N3O2/c1-9(6-7-22)19-16(23)15-10(2)20-21(11(15)3)14-5-4-12(17)8-13(14)18/h4-5,8-9,22H,6-7H2,1-3H3,(H,19,23). The first-order chi connectivity index (χ1) is 10.8. The van der Waals surface area contributed by atoms with Crippen LogP contribution in [0.1, 0.15) is 35.1 Å². The van der Waals surface area contributed by atoms with Crippen LogP contribution in [0.25, 0.3) is 5.69 Å². The third-order valence-electron chi connectivity index (χ3n) is 3.60. The molecular formula is C16H19F2N3O2. The molecule has 0 spiro atoms. The Morgan fingerprint density at radius 3 is 2.70 bits per heavy atom. The average Bonchev–Trinajstić information content (AvgIpc) is 2.74. The van der Waals surface area contributed by atoms with Gasteiger partial charge in [-0.2, -0.15) is 5.10 Å². The van der Waals surface area contributed by atoms with Gasteiger partial charge in [0.2, 0.25) is 0 Å². The molecule has 2 N–H and O–H groups in total. The van der Waals surface area contributed by atoms with Crippen LogP contribution in [0.5, 0.6) is 0 Å². The van der Waals surface area contributed by atoms with Crippen molar-refractivity contribution in [2.24, 2.45) is 0 Å². The van der Waals surface area contributed by atoms with Gasteiger partial charge >= 0.3 is 0 Å². The van der Waals surface area contributed by atoms with Gasteiger partial charge in [0.1, 0.15) is 11.5 Å². The highest BCUT2D eigenvalue weighted by Gasteiger charge is 2.21. The van der Waals surface area contributed by atoms with E-state index in [9.17, 15) is 13.6 Å². The number of hydrogen-bond acceptors (Lipinski definition) is 3. The number of aryl methyl sites for hydroxylation is 1. The molecule has 0 saturated heterocycles. The highest BCUT2D eigenvalue weighted by Crippen LogP contribution is 2.21. The Balaban J connectivity index is 2.38. The molecule has 1 amide bonds. The zero-order valence-corrected chi connectivity index (χ0v) is 13.2. The third kappa shape index (κ3) is 3.56. The van der Waals surface area contributed by atoms with Gasteiger partial charge in [0, 0.05) is 18.7 Å². The van der Waals surface area contributed by atoms with E-state index in [2.05, 4.69) is 10.4 Å². The summed E-state index contributed by atoms with van der Waals surface area (Å²) in [6.45, 7) is 5.05. The van der Waals surface area contributed by atoms with E-state index in [1.807, 2.05) is 0 Å². The largest absolute Gasteiger partial charge is 0.396 e. The average molecular weight is 323 g/mol. The number of halogens is 2. The number of amides is 1. The van der Waals surface area contributed by atoms with Gasteiger partial charge in [-0.05, 0) is 39.3 Å². The third-order valence-corrected chi connectivity index (χ3v) is 3.60. The van der Waals surface area contributed by atoms with E-state index >= 15 is 0 Å². The van der Waals surface area contributed by atoms with Crippen molar-refractivity contribution in [1.82, 2.24) is 15.1 Å². The van der Waals surface area contributed by atoms with Crippen molar-refractivity contribution in [3.05, 3.63) is 46.8 Å². The van der Waals surface area contributed by atoms with Crippen LogP contribution < -0.4 is 5.32 Å². The van der Waals surface area contributed by atoms with Crippen molar-refractivity contribution in [2.75, 3.05) is 6.61 Å². The van der Waals surface area contributed by atoms with E-state index in [-0.39, 0.29) is 24.2 Å². The smallest absolute Gasteiger partial charge is 0.255 e. The van der Waals surface area contributed by atoms with E-state index in [0.717, 1.165) is 12.1 Å². The summed E-state index contributed by atoms with van der Waals surface area (Å²) < 4.78 is 28.3. The molecule has 0 aliphatic heterocycles. The number of aliphatic hydroxyl groups excluding tert-OH is 1. The van der Waals surface area contributed by atoms with Gasteiger partial charge in [0.15, 0.2) is 5.82 Å². The number of carbonyl (C=O) groups excluding carboxylic acids is 1. The topological polar surface area (TPSA) is 67.2 Å². The predicted molar refractivity (Wildman–Crippen MR) is 81.6 cm³/mol. The molecule has 1 unspecified atom stereocenters. The summed E-state index contributed by atoms with van der Waals surface area (Å²) in [5.41, 5.74) is 1.33. The van der Waals surface area contributed by atoms with Gasteiger partial charge in [0.05, 0.1) is 17.0 Å². The molecule has 5 nitrogen and oxygen atoms in total. The molecule has 23 heavy (non-hydrogen) atoms. The zero-order valence-electron chi connectivity index (χ0n) is 13.2.